The number of esters is 1. The standard InChI is InChI=1S/C27H24FNO3/c1-17-6-5-7-20(14-17)25(30)29-24-13-12-22(15-23(24)18(2)16-27(29,3)4)32-26(31)19-8-10-21(28)11-9-19/h5-16H,1-4H3. The molecule has 0 saturated carbocycles. The van der Waals surface area contributed by atoms with Crippen LogP contribution in [0.25, 0.3) is 5.57 Å². The number of nitrogens with zero attached hydrogens (tertiary/aromatic N) is 1. The van der Waals surface area contributed by atoms with Crippen molar-refractivity contribution in [3.05, 3.63) is 101 Å². The number of fused-ring (bicyclic) bond motifs is 1. The van der Waals surface area contributed by atoms with Crippen LogP contribution < -0.4 is 9.64 Å². The van der Waals surface area contributed by atoms with E-state index in [2.05, 4.69) is 0 Å². The molecule has 0 unspecified atom stereocenters. The summed E-state index contributed by atoms with van der Waals surface area (Å²) >= 11 is 0. The fraction of sp³-hybridized carbons (Fsp3) is 0.185. The van der Waals surface area contributed by atoms with E-state index >= 15 is 0 Å². The number of rotatable bonds is 3. The number of allylic oxidation sites excluding steroid dienone is 1. The van der Waals surface area contributed by atoms with Crippen LogP contribution in [0.4, 0.5) is 10.1 Å². The molecule has 0 aromatic heterocycles. The topological polar surface area (TPSA) is 46.6 Å². The molecule has 5 heteroatoms. The van der Waals surface area contributed by atoms with Crippen molar-refractivity contribution in [3.8, 4) is 5.75 Å². The van der Waals surface area contributed by atoms with E-state index < -0.39 is 17.3 Å². The van der Waals surface area contributed by atoms with Crippen molar-refractivity contribution in [1.82, 2.24) is 0 Å². The minimum absolute atomic E-state index is 0.0974. The predicted molar refractivity (Wildman–Crippen MR) is 124 cm³/mol. The van der Waals surface area contributed by atoms with Crippen LogP contribution >= 0.6 is 0 Å². The lowest BCUT2D eigenvalue weighted by molar-refractivity contribution is 0.0734. The van der Waals surface area contributed by atoms with Gasteiger partial charge in [0, 0.05) is 11.1 Å². The van der Waals surface area contributed by atoms with Crippen molar-refractivity contribution in [2.24, 2.45) is 0 Å². The van der Waals surface area contributed by atoms with Crippen LogP contribution in [0.5, 0.6) is 5.75 Å². The molecule has 1 aliphatic rings. The Morgan fingerprint density at radius 2 is 1.62 bits per heavy atom. The van der Waals surface area contributed by atoms with Crippen LogP contribution in [-0.2, 0) is 0 Å². The second-order valence-corrected chi connectivity index (χ2v) is 8.57. The molecule has 0 aliphatic carbocycles. The highest BCUT2D eigenvalue weighted by atomic mass is 19.1. The maximum absolute atomic E-state index is 13.5. The Balaban J connectivity index is 1.69. The summed E-state index contributed by atoms with van der Waals surface area (Å²) in [6.45, 7) is 7.92. The van der Waals surface area contributed by atoms with E-state index in [0.29, 0.717) is 11.3 Å². The van der Waals surface area contributed by atoms with Gasteiger partial charge in [-0.1, -0.05) is 23.8 Å². The first kappa shape index (κ1) is 21.5. The summed E-state index contributed by atoms with van der Waals surface area (Å²) in [4.78, 5) is 27.7. The molecule has 1 heterocycles. The van der Waals surface area contributed by atoms with Crippen LogP contribution in [0.1, 0.15) is 52.6 Å². The zero-order chi connectivity index (χ0) is 23.0. The molecule has 0 atom stereocenters. The van der Waals surface area contributed by atoms with Crippen molar-refractivity contribution in [1.29, 1.82) is 0 Å². The highest BCUT2D eigenvalue weighted by Crippen LogP contribution is 2.41. The van der Waals surface area contributed by atoms with Crippen LogP contribution in [0, 0.1) is 12.7 Å². The molecule has 3 aromatic carbocycles. The molecular weight excluding hydrogens is 405 g/mol. The molecule has 1 amide bonds. The molecule has 0 spiro atoms. The lowest BCUT2D eigenvalue weighted by Gasteiger charge is -2.41. The molecule has 0 N–H and O–H groups in total. The Labute approximate surface area is 186 Å². The number of anilines is 1. The van der Waals surface area contributed by atoms with E-state index in [9.17, 15) is 14.0 Å². The van der Waals surface area contributed by atoms with Gasteiger partial charge in [-0.2, -0.15) is 0 Å². The van der Waals surface area contributed by atoms with Crippen molar-refractivity contribution >= 4 is 23.1 Å². The molecule has 0 radical (unpaired) electrons. The van der Waals surface area contributed by atoms with Crippen molar-refractivity contribution in [3.63, 3.8) is 0 Å². The van der Waals surface area contributed by atoms with Crippen molar-refractivity contribution in [2.75, 3.05) is 4.90 Å². The minimum atomic E-state index is -0.574. The number of ether oxygens (including phenoxy) is 1. The zero-order valence-electron chi connectivity index (χ0n) is 18.5. The van der Waals surface area contributed by atoms with E-state index in [4.69, 9.17) is 4.74 Å². The van der Waals surface area contributed by atoms with Gasteiger partial charge < -0.3 is 4.74 Å². The average Bonchev–Trinajstić information content (AvgIpc) is 2.74. The SMILES string of the molecule is CC1=CC(C)(C)N(C(=O)c2cccc(C)c2)c2ccc(OC(=O)c3ccc(F)cc3)cc21. The molecule has 0 bridgehead atoms. The van der Waals surface area contributed by atoms with Crippen molar-refractivity contribution < 1.29 is 18.7 Å². The molecular formula is C27H24FNO3. The maximum atomic E-state index is 13.5. The summed E-state index contributed by atoms with van der Waals surface area (Å²) in [5, 5.41) is 0. The summed E-state index contributed by atoms with van der Waals surface area (Å²) in [6.07, 6.45) is 2.04. The molecule has 3 aromatic rings. The number of benzene rings is 3. The second kappa shape index (κ2) is 8.08. The van der Waals surface area contributed by atoms with Gasteiger partial charge in [0.05, 0.1) is 16.8 Å². The average molecular weight is 429 g/mol. The molecule has 4 nitrogen and oxygen atoms in total. The van der Waals surface area contributed by atoms with Crippen LogP contribution in [0.3, 0.4) is 0 Å². The number of carbonyl (C=O) groups excluding carboxylic acids is 2. The fourth-order valence-corrected chi connectivity index (χ4v) is 4.10. The van der Waals surface area contributed by atoms with Gasteiger partial charge in [-0.05, 0) is 87.9 Å². The number of amides is 1. The molecule has 32 heavy (non-hydrogen) atoms. The number of aryl methyl sites for hydroxylation is 1. The van der Waals surface area contributed by atoms with Crippen molar-refractivity contribution in [2.45, 2.75) is 33.2 Å². The number of halogens is 1. The first-order chi connectivity index (χ1) is 15.2. The lowest BCUT2D eigenvalue weighted by Crippen LogP contribution is -2.49. The number of carbonyl (C=O) groups is 2. The summed E-state index contributed by atoms with van der Waals surface area (Å²) in [5.41, 5.74) is 3.90. The quantitative estimate of drug-likeness (QED) is 0.368. The minimum Gasteiger partial charge on any atom is -0.423 e. The Bertz CT molecular complexity index is 1240. The molecule has 4 rings (SSSR count). The Morgan fingerprint density at radius 3 is 2.31 bits per heavy atom. The molecule has 0 saturated heterocycles. The van der Waals surface area contributed by atoms with Gasteiger partial charge in [0.1, 0.15) is 11.6 Å². The lowest BCUT2D eigenvalue weighted by atomic mass is 9.88. The predicted octanol–water partition coefficient (Wildman–Crippen LogP) is 6.20. The monoisotopic (exact) mass is 429 g/mol. The Kier molecular flexibility index (Phi) is 5.43. The van der Waals surface area contributed by atoms with Gasteiger partial charge in [-0.25, -0.2) is 9.18 Å². The van der Waals surface area contributed by atoms with Crippen LogP contribution in [0.2, 0.25) is 0 Å². The van der Waals surface area contributed by atoms with E-state index in [1.54, 1.807) is 23.1 Å². The van der Waals surface area contributed by atoms with Gasteiger partial charge in [0.15, 0.2) is 0 Å². The van der Waals surface area contributed by atoms with Gasteiger partial charge in [0.2, 0.25) is 0 Å². The highest BCUT2D eigenvalue weighted by Gasteiger charge is 2.36. The van der Waals surface area contributed by atoms with E-state index in [0.717, 1.165) is 22.4 Å². The van der Waals surface area contributed by atoms with Crippen LogP contribution in [-0.4, -0.2) is 17.4 Å². The summed E-state index contributed by atoms with van der Waals surface area (Å²) in [6, 6.07) is 17.9. The van der Waals surface area contributed by atoms with Gasteiger partial charge in [-0.3, -0.25) is 9.69 Å². The smallest absolute Gasteiger partial charge is 0.343 e. The third-order valence-corrected chi connectivity index (χ3v) is 5.54. The first-order valence-electron chi connectivity index (χ1n) is 10.4. The number of hydrogen-bond acceptors (Lipinski definition) is 3. The maximum Gasteiger partial charge on any atom is 0.343 e. The molecule has 162 valence electrons. The third kappa shape index (κ3) is 4.06. The Hall–Kier alpha value is -3.73. The fourth-order valence-electron chi connectivity index (χ4n) is 4.10. The largest absolute Gasteiger partial charge is 0.423 e. The molecule has 0 fully saturated rings. The molecule has 1 aliphatic heterocycles. The summed E-state index contributed by atoms with van der Waals surface area (Å²) in [5.74, 6) is -0.735. The van der Waals surface area contributed by atoms with Gasteiger partial charge in [0.25, 0.3) is 5.91 Å². The van der Waals surface area contributed by atoms with Gasteiger partial charge in [-0.15, -0.1) is 0 Å². The highest BCUT2D eigenvalue weighted by molar-refractivity contribution is 6.10. The Morgan fingerprint density at radius 1 is 0.906 bits per heavy atom. The van der Waals surface area contributed by atoms with Gasteiger partial charge >= 0.3 is 5.97 Å². The third-order valence-electron chi connectivity index (χ3n) is 5.54. The van der Waals surface area contributed by atoms with E-state index in [1.807, 2.05) is 58.0 Å². The normalized spacial score (nSPS) is 14.4. The zero-order valence-corrected chi connectivity index (χ0v) is 18.5. The number of hydrogen-bond donors (Lipinski definition) is 0. The van der Waals surface area contributed by atoms with E-state index in [-0.39, 0.29) is 11.5 Å². The van der Waals surface area contributed by atoms with E-state index in [1.165, 1.54) is 24.3 Å². The summed E-state index contributed by atoms with van der Waals surface area (Å²) in [7, 11) is 0. The van der Waals surface area contributed by atoms with Crippen LogP contribution in [0.15, 0.2) is 72.8 Å². The summed E-state index contributed by atoms with van der Waals surface area (Å²) < 4.78 is 18.6. The second-order valence-electron chi connectivity index (χ2n) is 8.57. The first-order valence-corrected chi connectivity index (χ1v) is 10.4.